The summed E-state index contributed by atoms with van der Waals surface area (Å²) in [6, 6.07) is 0.157. The fraction of sp³-hybridized carbons (Fsp3) is 0.938. The highest BCUT2D eigenvalue weighted by Crippen LogP contribution is 2.39. The van der Waals surface area contributed by atoms with E-state index in [1.165, 1.54) is 44.9 Å². The number of nitrogens with zero attached hydrogens (tertiary/aromatic N) is 1. The van der Waals surface area contributed by atoms with Gasteiger partial charge in [0.2, 0.25) is 5.91 Å². The number of nitrogens with one attached hydrogen (secondary N) is 1. The average molecular weight is 262 g/mol. The van der Waals surface area contributed by atoms with Crippen molar-refractivity contribution in [1.82, 2.24) is 10.2 Å². The zero-order valence-corrected chi connectivity index (χ0v) is 11.8. The SMILES string of the molecule is O=C(C1NCC2CCCC21)N(CC1CC1)CC1CC1. The Morgan fingerprint density at radius 1 is 1.00 bits per heavy atom. The summed E-state index contributed by atoms with van der Waals surface area (Å²) in [6.45, 7) is 3.18. The van der Waals surface area contributed by atoms with Crippen LogP contribution in [0.3, 0.4) is 0 Å². The van der Waals surface area contributed by atoms with Gasteiger partial charge in [-0.15, -0.1) is 0 Å². The van der Waals surface area contributed by atoms with Crippen LogP contribution in [0.25, 0.3) is 0 Å². The molecule has 1 heterocycles. The Bertz CT molecular complexity index is 348. The van der Waals surface area contributed by atoms with Gasteiger partial charge in [-0.1, -0.05) is 6.42 Å². The minimum absolute atomic E-state index is 0.157. The van der Waals surface area contributed by atoms with E-state index in [4.69, 9.17) is 0 Å². The molecule has 19 heavy (non-hydrogen) atoms. The van der Waals surface area contributed by atoms with Crippen LogP contribution in [-0.4, -0.2) is 36.5 Å². The smallest absolute Gasteiger partial charge is 0.240 e. The Balaban J connectivity index is 1.43. The van der Waals surface area contributed by atoms with Crippen LogP contribution in [0.4, 0.5) is 0 Å². The number of amides is 1. The second-order valence-corrected chi connectivity index (χ2v) is 7.37. The summed E-state index contributed by atoms with van der Waals surface area (Å²) < 4.78 is 0. The quantitative estimate of drug-likeness (QED) is 0.822. The molecular weight excluding hydrogens is 236 g/mol. The minimum Gasteiger partial charge on any atom is -0.341 e. The van der Waals surface area contributed by atoms with Crippen molar-refractivity contribution in [3.63, 3.8) is 0 Å². The van der Waals surface area contributed by atoms with Crippen molar-refractivity contribution in [1.29, 1.82) is 0 Å². The molecule has 4 rings (SSSR count). The molecule has 3 aliphatic carbocycles. The number of hydrogen-bond acceptors (Lipinski definition) is 2. The fourth-order valence-electron chi connectivity index (χ4n) is 4.13. The lowest BCUT2D eigenvalue weighted by Crippen LogP contribution is -2.47. The van der Waals surface area contributed by atoms with Gasteiger partial charge in [0.25, 0.3) is 0 Å². The summed E-state index contributed by atoms with van der Waals surface area (Å²) in [7, 11) is 0. The molecule has 1 amide bonds. The van der Waals surface area contributed by atoms with Gasteiger partial charge in [0.15, 0.2) is 0 Å². The molecule has 1 aliphatic heterocycles. The number of carbonyl (C=O) groups is 1. The zero-order valence-electron chi connectivity index (χ0n) is 11.8. The second kappa shape index (κ2) is 4.76. The first-order valence-corrected chi connectivity index (χ1v) is 8.33. The van der Waals surface area contributed by atoms with Crippen molar-refractivity contribution in [2.75, 3.05) is 19.6 Å². The molecule has 3 heteroatoms. The first kappa shape index (κ1) is 12.2. The molecule has 1 saturated heterocycles. The summed E-state index contributed by atoms with van der Waals surface area (Å²) >= 11 is 0. The maximum atomic E-state index is 12.9. The van der Waals surface area contributed by atoms with E-state index in [0.717, 1.165) is 37.4 Å². The van der Waals surface area contributed by atoms with E-state index < -0.39 is 0 Å². The van der Waals surface area contributed by atoms with Gasteiger partial charge in [-0.3, -0.25) is 4.79 Å². The van der Waals surface area contributed by atoms with Crippen LogP contribution in [0.5, 0.6) is 0 Å². The number of fused-ring (bicyclic) bond motifs is 1. The van der Waals surface area contributed by atoms with Crippen molar-refractivity contribution in [2.45, 2.75) is 51.0 Å². The van der Waals surface area contributed by atoms with Crippen LogP contribution in [0.2, 0.25) is 0 Å². The molecule has 3 nitrogen and oxygen atoms in total. The van der Waals surface area contributed by atoms with Crippen LogP contribution in [0.1, 0.15) is 44.9 Å². The summed E-state index contributed by atoms with van der Waals surface area (Å²) in [6.07, 6.45) is 9.34. The van der Waals surface area contributed by atoms with Crippen molar-refractivity contribution in [3.05, 3.63) is 0 Å². The van der Waals surface area contributed by atoms with Gasteiger partial charge in [0.05, 0.1) is 6.04 Å². The van der Waals surface area contributed by atoms with Crippen molar-refractivity contribution in [2.24, 2.45) is 23.7 Å². The third-order valence-electron chi connectivity index (χ3n) is 5.67. The molecule has 3 unspecified atom stereocenters. The summed E-state index contributed by atoms with van der Waals surface area (Å²) in [4.78, 5) is 15.1. The summed E-state index contributed by atoms with van der Waals surface area (Å²) in [5.41, 5.74) is 0. The average Bonchev–Trinajstić information content (AvgIpc) is 3.29. The highest BCUT2D eigenvalue weighted by Gasteiger charge is 2.44. The summed E-state index contributed by atoms with van der Waals surface area (Å²) in [5.74, 6) is 3.52. The van der Waals surface area contributed by atoms with Crippen LogP contribution in [-0.2, 0) is 4.79 Å². The van der Waals surface area contributed by atoms with Crippen LogP contribution in [0, 0.1) is 23.7 Å². The number of carbonyl (C=O) groups excluding carboxylic acids is 1. The third-order valence-corrected chi connectivity index (χ3v) is 5.67. The van der Waals surface area contributed by atoms with E-state index in [1.807, 2.05) is 0 Å². The molecule has 0 aromatic carbocycles. The van der Waals surface area contributed by atoms with Gasteiger partial charge in [0, 0.05) is 13.1 Å². The Morgan fingerprint density at radius 2 is 1.68 bits per heavy atom. The molecule has 3 atom stereocenters. The molecule has 3 saturated carbocycles. The molecule has 4 fully saturated rings. The third kappa shape index (κ3) is 2.54. The predicted molar refractivity (Wildman–Crippen MR) is 74.6 cm³/mol. The van der Waals surface area contributed by atoms with E-state index in [-0.39, 0.29) is 6.04 Å². The zero-order chi connectivity index (χ0) is 12.8. The maximum absolute atomic E-state index is 12.9. The van der Waals surface area contributed by atoms with Gasteiger partial charge in [-0.25, -0.2) is 0 Å². The molecule has 4 aliphatic rings. The Kier molecular flexibility index (Phi) is 3.06. The highest BCUT2D eigenvalue weighted by molar-refractivity contribution is 5.83. The van der Waals surface area contributed by atoms with Crippen LogP contribution >= 0.6 is 0 Å². The molecule has 0 spiro atoms. The van der Waals surface area contributed by atoms with E-state index in [9.17, 15) is 4.79 Å². The van der Waals surface area contributed by atoms with Crippen molar-refractivity contribution in [3.8, 4) is 0 Å². The first-order chi connectivity index (χ1) is 9.31. The largest absolute Gasteiger partial charge is 0.341 e. The second-order valence-electron chi connectivity index (χ2n) is 7.37. The number of rotatable bonds is 5. The Morgan fingerprint density at radius 3 is 2.32 bits per heavy atom. The lowest BCUT2D eigenvalue weighted by atomic mass is 9.93. The van der Waals surface area contributed by atoms with E-state index in [1.54, 1.807) is 0 Å². The molecular formula is C16H26N2O. The van der Waals surface area contributed by atoms with E-state index >= 15 is 0 Å². The van der Waals surface area contributed by atoms with Gasteiger partial charge in [-0.2, -0.15) is 0 Å². The van der Waals surface area contributed by atoms with Gasteiger partial charge < -0.3 is 10.2 Å². The lowest BCUT2D eigenvalue weighted by Gasteiger charge is -2.28. The minimum atomic E-state index is 0.157. The Hall–Kier alpha value is -0.570. The monoisotopic (exact) mass is 262 g/mol. The molecule has 0 aromatic heterocycles. The molecule has 0 bridgehead atoms. The first-order valence-electron chi connectivity index (χ1n) is 8.33. The molecule has 106 valence electrons. The van der Waals surface area contributed by atoms with E-state index in [2.05, 4.69) is 10.2 Å². The summed E-state index contributed by atoms with van der Waals surface area (Å²) in [5, 5.41) is 3.53. The fourth-order valence-corrected chi connectivity index (χ4v) is 4.13. The lowest BCUT2D eigenvalue weighted by molar-refractivity contribution is -0.134. The van der Waals surface area contributed by atoms with Crippen molar-refractivity contribution < 1.29 is 4.79 Å². The standard InChI is InChI=1S/C16H26N2O/c19-16(15-14-3-1-2-13(14)8-17-15)18(9-11-4-5-11)10-12-6-7-12/h11-15,17H,1-10H2. The van der Waals surface area contributed by atoms with Crippen molar-refractivity contribution >= 4 is 5.91 Å². The topological polar surface area (TPSA) is 32.3 Å². The molecule has 0 aromatic rings. The maximum Gasteiger partial charge on any atom is 0.240 e. The predicted octanol–water partition coefficient (Wildman–Crippen LogP) is 2.02. The molecule has 1 N–H and O–H groups in total. The van der Waals surface area contributed by atoms with Gasteiger partial charge in [-0.05, 0) is 68.7 Å². The van der Waals surface area contributed by atoms with E-state index in [0.29, 0.717) is 11.8 Å². The molecule has 0 radical (unpaired) electrons. The number of hydrogen-bond donors (Lipinski definition) is 1. The normalized spacial score (nSPS) is 37.4. The highest BCUT2D eigenvalue weighted by atomic mass is 16.2. The van der Waals surface area contributed by atoms with Crippen LogP contribution in [0.15, 0.2) is 0 Å². The van der Waals surface area contributed by atoms with Crippen LogP contribution < -0.4 is 5.32 Å². The Labute approximate surface area is 116 Å². The van der Waals surface area contributed by atoms with Gasteiger partial charge in [0.1, 0.15) is 0 Å². The van der Waals surface area contributed by atoms with Gasteiger partial charge >= 0.3 is 0 Å².